The van der Waals surface area contributed by atoms with Gasteiger partial charge < -0.3 is 4.90 Å². The van der Waals surface area contributed by atoms with Crippen LogP contribution in [0.1, 0.15) is 16.8 Å². The largest absolute Gasteiger partial charge is 0.305 e. The molecule has 0 N–H and O–H groups in total. The topological polar surface area (TPSA) is 37.4 Å². The summed E-state index contributed by atoms with van der Waals surface area (Å²) in [4.78, 5) is 25.1. The molecule has 0 saturated heterocycles. The van der Waals surface area contributed by atoms with Crippen molar-refractivity contribution in [1.29, 1.82) is 0 Å². The van der Waals surface area contributed by atoms with Gasteiger partial charge in [0.1, 0.15) is 0 Å². The van der Waals surface area contributed by atoms with Gasteiger partial charge in [-0.1, -0.05) is 15.9 Å². The molecule has 0 aliphatic carbocycles. The SMILES string of the molecule is CSCCCN1C(=O)C(=O)c2ccc(Br)cc21. The number of hydrogen-bond donors (Lipinski definition) is 0. The van der Waals surface area contributed by atoms with Crippen LogP contribution in [0.4, 0.5) is 5.69 Å². The van der Waals surface area contributed by atoms with Crippen molar-refractivity contribution in [1.82, 2.24) is 0 Å². The Morgan fingerprint density at radius 2 is 2.12 bits per heavy atom. The van der Waals surface area contributed by atoms with Crippen molar-refractivity contribution in [2.24, 2.45) is 0 Å². The molecule has 0 bridgehead atoms. The van der Waals surface area contributed by atoms with E-state index in [4.69, 9.17) is 0 Å². The molecule has 1 aliphatic heterocycles. The van der Waals surface area contributed by atoms with Gasteiger partial charge in [-0.25, -0.2) is 0 Å². The first-order valence-corrected chi connectivity index (χ1v) is 7.48. The molecule has 0 unspecified atom stereocenters. The molecular weight excluding hydrogens is 302 g/mol. The number of carbonyl (C=O) groups is 2. The second kappa shape index (κ2) is 5.23. The van der Waals surface area contributed by atoms with E-state index in [0.29, 0.717) is 12.1 Å². The summed E-state index contributed by atoms with van der Waals surface area (Å²) in [7, 11) is 0. The number of ketones is 1. The Labute approximate surface area is 113 Å². The molecule has 0 radical (unpaired) electrons. The molecule has 1 amide bonds. The number of thioether (sulfide) groups is 1. The number of carbonyl (C=O) groups excluding carboxylic acids is 2. The van der Waals surface area contributed by atoms with E-state index in [0.717, 1.165) is 22.3 Å². The molecule has 0 spiro atoms. The zero-order valence-electron chi connectivity index (χ0n) is 9.40. The minimum atomic E-state index is -0.404. The Morgan fingerprint density at radius 1 is 1.35 bits per heavy atom. The van der Waals surface area contributed by atoms with Gasteiger partial charge in [0.2, 0.25) is 0 Å². The van der Waals surface area contributed by atoms with Crippen LogP contribution in [0, 0.1) is 0 Å². The van der Waals surface area contributed by atoms with Gasteiger partial charge in [-0.3, -0.25) is 9.59 Å². The molecule has 1 aromatic rings. The van der Waals surface area contributed by atoms with Crippen molar-refractivity contribution < 1.29 is 9.59 Å². The molecule has 90 valence electrons. The number of anilines is 1. The highest BCUT2D eigenvalue weighted by atomic mass is 79.9. The Kier molecular flexibility index (Phi) is 3.89. The first kappa shape index (κ1) is 12.6. The normalized spacial score (nSPS) is 14.4. The molecule has 0 aromatic heterocycles. The van der Waals surface area contributed by atoms with Crippen LogP contribution < -0.4 is 4.90 Å². The quantitative estimate of drug-likeness (QED) is 0.633. The fourth-order valence-corrected chi connectivity index (χ4v) is 2.62. The van der Waals surface area contributed by atoms with E-state index < -0.39 is 11.7 Å². The maximum atomic E-state index is 11.8. The van der Waals surface area contributed by atoms with Gasteiger partial charge in [-0.15, -0.1) is 0 Å². The van der Waals surface area contributed by atoms with Gasteiger partial charge in [0, 0.05) is 11.0 Å². The van der Waals surface area contributed by atoms with Crippen molar-refractivity contribution in [3.8, 4) is 0 Å². The minimum absolute atomic E-state index is 0.392. The standard InChI is InChI=1S/C12H12BrNO2S/c1-17-6-2-5-14-10-7-8(13)3-4-9(10)11(15)12(14)16/h3-4,7H,2,5-6H2,1H3. The lowest BCUT2D eigenvalue weighted by Crippen LogP contribution is -2.30. The van der Waals surface area contributed by atoms with E-state index in [2.05, 4.69) is 15.9 Å². The Hall–Kier alpha value is -0.810. The third-order valence-corrected chi connectivity index (χ3v) is 3.85. The highest BCUT2D eigenvalue weighted by Crippen LogP contribution is 2.31. The number of fused-ring (bicyclic) bond motifs is 1. The summed E-state index contributed by atoms with van der Waals surface area (Å²) in [5.74, 6) is 0.192. The zero-order chi connectivity index (χ0) is 12.4. The van der Waals surface area contributed by atoms with Gasteiger partial charge >= 0.3 is 0 Å². The lowest BCUT2D eigenvalue weighted by Gasteiger charge is -2.16. The molecule has 5 heteroatoms. The molecule has 3 nitrogen and oxygen atoms in total. The average molecular weight is 314 g/mol. The zero-order valence-corrected chi connectivity index (χ0v) is 11.8. The van der Waals surface area contributed by atoms with E-state index in [9.17, 15) is 9.59 Å². The molecule has 0 atom stereocenters. The third kappa shape index (κ3) is 2.40. The van der Waals surface area contributed by atoms with Crippen LogP contribution in [-0.2, 0) is 4.79 Å². The number of nitrogens with zero attached hydrogens (tertiary/aromatic N) is 1. The first-order valence-electron chi connectivity index (χ1n) is 5.30. The van der Waals surface area contributed by atoms with Gasteiger partial charge in [0.05, 0.1) is 11.3 Å². The van der Waals surface area contributed by atoms with E-state index in [1.807, 2.05) is 12.3 Å². The van der Waals surface area contributed by atoms with Crippen molar-refractivity contribution in [3.05, 3.63) is 28.2 Å². The van der Waals surface area contributed by atoms with Crippen LogP contribution in [0.2, 0.25) is 0 Å². The summed E-state index contributed by atoms with van der Waals surface area (Å²) in [6.07, 6.45) is 2.92. The molecule has 1 heterocycles. The number of hydrogen-bond acceptors (Lipinski definition) is 3. The van der Waals surface area contributed by atoms with Crippen molar-refractivity contribution in [2.75, 3.05) is 23.5 Å². The number of rotatable bonds is 4. The minimum Gasteiger partial charge on any atom is -0.305 e. The van der Waals surface area contributed by atoms with Crippen LogP contribution in [0.25, 0.3) is 0 Å². The van der Waals surface area contributed by atoms with Crippen molar-refractivity contribution in [3.63, 3.8) is 0 Å². The Morgan fingerprint density at radius 3 is 2.82 bits per heavy atom. The number of benzene rings is 1. The fraction of sp³-hybridized carbons (Fsp3) is 0.333. The van der Waals surface area contributed by atoms with Crippen LogP contribution in [-0.4, -0.2) is 30.2 Å². The third-order valence-electron chi connectivity index (χ3n) is 2.66. The van der Waals surface area contributed by atoms with E-state index in [-0.39, 0.29) is 0 Å². The predicted molar refractivity (Wildman–Crippen MR) is 73.8 cm³/mol. The molecule has 1 aromatic carbocycles. The maximum absolute atomic E-state index is 11.8. The number of Topliss-reactive ketones (excluding diaryl/α,β-unsaturated/α-hetero) is 1. The summed E-state index contributed by atoms with van der Waals surface area (Å²) in [5.41, 5.74) is 1.25. The molecule has 2 rings (SSSR count). The summed E-state index contributed by atoms with van der Waals surface area (Å²) in [6.45, 7) is 0.606. The van der Waals surface area contributed by atoms with Crippen LogP contribution in [0.15, 0.2) is 22.7 Å². The lowest BCUT2D eigenvalue weighted by molar-refractivity contribution is -0.114. The van der Waals surface area contributed by atoms with E-state index in [1.54, 1.807) is 28.8 Å². The molecular formula is C12H12BrNO2S. The van der Waals surface area contributed by atoms with E-state index >= 15 is 0 Å². The average Bonchev–Trinajstić information content (AvgIpc) is 2.54. The van der Waals surface area contributed by atoms with Gasteiger partial charge in [-0.2, -0.15) is 11.8 Å². The van der Waals surface area contributed by atoms with Crippen LogP contribution in [0.5, 0.6) is 0 Å². The molecule has 0 saturated carbocycles. The number of amides is 1. The molecule has 17 heavy (non-hydrogen) atoms. The smallest absolute Gasteiger partial charge is 0.299 e. The van der Waals surface area contributed by atoms with Crippen molar-refractivity contribution in [2.45, 2.75) is 6.42 Å². The van der Waals surface area contributed by atoms with Gasteiger partial charge in [0.25, 0.3) is 11.7 Å². The van der Waals surface area contributed by atoms with Crippen molar-refractivity contribution >= 4 is 45.1 Å². The monoisotopic (exact) mass is 313 g/mol. The summed E-state index contributed by atoms with van der Waals surface area (Å²) in [6, 6.07) is 5.32. The second-order valence-electron chi connectivity index (χ2n) is 3.79. The second-order valence-corrected chi connectivity index (χ2v) is 5.70. The fourth-order valence-electron chi connectivity index (χ4n) is 1.86. The highest BCUT2D eigenvalue weighted by molar-refractivity contribution is 9.10. The van der Waals surface area contributed by atoms with Gasteiger partial charge in [-0.05, 0) is 36.6 Å². The predicted octanol–water partition coefficient (Wildman–Crippen LogP) is 2.73. The Bertz CT molecular complexity index is 476. The molecule has 0 fully saturated rings. The highest BCUT2D eigenvalue weighted by Gasteiger charge is 2.35. The summed E-state index contributed by atoms with van der Waals surface area (Å²) in [5, 5.41) is 0. The summed E-state index contributed by atoms with van der Waals surface area (Å²) >= 11 is 5.10. The Balaban J connectivity index is 2.26. The maximum Gasteiger partial charge on any atom is 0.299 e. The van der Waals surface area contributed by atoms with Crippen LogP contribution >= 0.6 is 27.7 Å². The lowest BCUT2D eigenvalue weighted by atomic mass is 10.1. The summed E-state index contributed by atoms with van der Waals surface area (Å²) < 4.78 is 0.883. The van der Waals surface area contributed by atoms with E-state index in [1.165, 1.54) is 0 Å². The number of halogens is 1. The first-order chi connectivity index (χ1) is 8.15. The van der Waals surface area contributed by atoms with Crippen LogP contribution in [0.3, 0.4) is 0 Å². The molecule has 1 aliphatic rings. The van der Waals surface area contributed by atoms with Gasteiger partial charge in [0.15, 0.2) is 0 Å².